The number of carbonyl (C=O) groups excluding carboxylic acids is 1. The van der Waals surface area contributed by atoms with Gasteiger partial charge in [-0.3, -0.25) is 14.6 Å². The van der Waals surface area contributed by atoms with Crippen molar-refractivity contribution in [3.8, 4) is 5.75 Å². The second kappa shape index (κ2) is 10.3. The fourth-order valence-corrected chi connectivity index (χ4v) is 3.39. The van der Waals surface area contributed by atoms with E-state index in [1.807, 2.05) is 43.4 Å². The maximum Gasteiger partial charge on any atom is 0.303 e. The lowest BCUT2D eigenvalue weighted by molar-refractivity contribution is -0.139. The van der Waals surface area contributed by atoms with E-state index in [9.17, 15) is 14.7 Å². The van der Waals surface area contributed by atoms with Crippen LogP contribution >= 0.6 is 0 Å². The first-order valence-electron chi connectivity index (χ1n) is 9.93. The van der Waals surface area contributed by atoms with Gasteiger partial charge in [0.1, 0.15) is 17.7 Å². The number of hydrogen-bond donors (Lipinski definition) is 4. The number of rotatable bonds is 11. The first-order chi connectivity index (χ1) is 15.0. The number of aliphatic carboxylic acids is 1. The van der Waals surface area contributed by atoms with Crippen LogP contribution in [-0.2, 0) is 27.2 Å². The summed E-state index contributed by atoms with van der Waals surface area (Å²) >= 11 is 0. The van der Waals surface area contributed by atoms with Crippen molar-refractivity contribution < 1.29 is 24.2 Å². The molecule has 31 heavy (non-hydrogen) atoms. The molecule has 0 radical (unpaired) electrons. The summed E-state index contributed by atoms with van der Waals surface area (Å²) in [7, 11) is 1.86. The Labute approximate surface area is 180 Å². The Bertz CT molecular complexity index is 945. The third-order valence-corrected chi connectivity index (χ3v) is 4.95. The molecule has 2 aromatic rings. The van der Waals surface area contributed by atoms with E-state index in [0.717, 1.165) is 16.9 Å². The summed E-state index contributed by atoms with van der Waals surface area (Å²) in [6, 6.07) is 11.3. The number of amides is 1. The number of anilines is 1. The zero-order valence-electron chi connectivity index (χ0n) is 17.2. The first kappa shape index (κ1) is 21.9. The summed E-state index contributed by atoms with van der Waals surface area (Å²) in [6.45, 7) is 0.480. The Morgan fingerprint density at radius 3 is 2.74 bits per heavy atom. The van der Waals surface area contributed by atoms with E-state index in [1.165, 1.54) is 6.26 Å². The van der Waals surface area contributed by atoms with Crippen LogP contribution in [-0.4, -0.2) is 41.8 Å². The molecule has 1 aromatic heterocycles. The van der Waals surface area contributed by atoms with Gasteiger partial charge < -0.3 is 30.9 Å². The Morgan fingerprint density at radius 2 is 2.10 bits per heavy atom. The predicted molar refractivity (Wildman–Crippen MR) is 114 cm³/mol. The van der Waals surface area contributed by atoms with Crippen LogP contribution in [0.15, 0.2) is 54.6 Å². The normalized spacial score (nSPS) is 15.9. The van der Waals surface area contributed by atoms with Crippen molar-refractivity contribution in [2.75, 3.05) is 19.0 Å². The number of primary amides is 1. The number of benzene rings is 1. The van der Waals surface area contributed by atoms with Gasteiger partial charge in [-0.1, -0.05) is 12.1 Å². The first-order valence-corrected chi connectivity index (χ1v) is 9.93. The average molecular weight is 426 g/mol. The van der Waals surface area contributed by atoms with Gasteiger partial charge in [0.25, 0.3) is 5.91 Å². The van der Waals surface area contributed by atoms with Gasteiger partial charge in [-0.2, -0.15) is 0 Å². The third kappa shape index (κ3) is 6.11. The molecule has 164 valence electrons. The highest BCUT2D eigenvalue weighted by atomic mass is 16.5. The summed E-state index contributed by atoms with van der Waals surface area (Å²) in [6.07, 6.45) is 3.36. The smallest absolute Gasteiger partial charge is 0.303 e. The number of nitrogens with two attached hydrogens (primary N) is 1. The van der Waals surface area contributed by atoms with Crippen molar-refractivity contribution >= 4 is 17.6 Å². The topological polar surface area (TPSA) is 136 Å². The Morgan fingerprint density at radius 1 is 1.32 bits per heavy atom. The molecule has 0 bridgehead atoms. The van der Waals surface area contributed by atoms with E-state index in [-0.39, 0.29) is 18.0 Å². The van der Waals surface area contributed by atoms with Crippen molar-refractivity contribution in [1.82, 2.24) is 10.3 Å². The van der Waals surface area contributed by atoms with Crippen LogP contribution in [0.3, 0.4) is 0 Å². The minimum Gasteiger partial charge on any atom is -0.493 e. The van der Waals surface area contributed by atoms with Crippen LogP contribution < -0.4 is 21.1 Å². The SMILES string of the molecule is CNc1cccnc1CCOc1ccc(CC(CC(=O)O)C2NC(C(N)=O)=CO2)cc1. The molecule has 0 spiro atoms. The second-order valence-electron chi connectivity index (χ2n) is 7.15. The lowest BCUT2D eigenvalue weighted by Crippen LogP contribution is -2.37. The Kier molecular flexibility index (Phi) is 7.31. The summed E-state index contributed by atoms with van der Waals surface area (Å²) in [5.41, 5.74) is 8.21. The molecule has 0 saturated heterocycles. The Hall–Kier alpha value is -3.75. The molecule has 9 heteroatoms. The molecule has 9 nitrogen and oxygen atoms in total. The quantitative estimate of drug-likeness (QED) is 0.426. The van der Waals surface area contributed by atoms with Crippen molar-refractivity contribution in [3.63, 3.8) is 0 Å². The molecule has 2 heterocycles. The number of hydrogen-bond acceptors (Lipinski definition) is 7. The summed E-state index contributed by atoms with van der Waals surface area (Å²) in [5, 5.41) is 15.2. The highest BCUT2D eigenvalue weighted by Crippen LogP contribution is 2.23. The van der Waals surface area contributed by atoms with E-state index in [2.05, 4.69) is 15.6 Å². The minimum atomic E-state index is -0.946. The van der Waals surface area contributed by atoms with Crippen LogP contribution in [0.5, 0.6) is 5.75 Å². The van der Waals surface area contributed by atoms with E-state index in [0.29, 0.717) is 25.2 Å². The number of carboxylic acids is 1. The number of aromatic nitrogens is 1. The van der Waals surface area contributed by atoms with E-state index < -0.39 is 18.1 Å². The fraction of sp³-hybridized carbons (Fsp3) is 0.318. The zero-order valence-corrected chi connectivity index (χ0v) is 17.2. The Balaban J connectivity index is 1.55. The van der Waals surface area contributed by atoms with Crippen LogP contribution in [0.1, 0.15) is 17.7 Å². The summed E-state index contributed by atoms with van der Waals surface area (Å²) < 4.78 is 11.2. The van der Waals surface area contributed by atoms with Crippen LogP contribution in [0.2, 0.25) is 0 Å². The molecule has 0 aliphatic carbocycles. The van der Waals surface area contributed by atoms with E-state index in [1.54, 1.807) is 6.20 Å². The van der Waals surface area contributed by atoms with Gasteiger partial charge in [-0.25, -0.2) is 0 Å². The van der Waals surface area contributed by atoms with Crippen LogP contribution in [0, 0.1) is 5.92 Å². The van der Waals surface area contributed by atoms with Crippen molar-refractivity contribution in [1.29, 1.82) is 0 Å². The molecule has 2 unspecified atom stereocenters. The summed E-state index contributed by atoms with van der Waals surface area (Å²) in [4.78, 5) is 26.9. The number of pyridine rings is 1. The highest BCUT2D eigenvalue weighted by Gasteiger charge is 2.30. The van der Waals surface area contributed by atoms with Crippen LogP contribution in [0.4, 0.5) is 5.69 Å². The van der Waals surface area contributed by atoms with Gasteiger partial charge in [0.2, 0.25) is 0 Å². The lowest BCUT2D eigenvalue weighted by Gasteiger charge is -2.22. The van der Waals surface area contributed by atoms with E-state index in [4.69, 9.17) is 15.2 Å². The van der Waals surface area contributed by atoms with Gasteiger partial charge >= 0.3 is 5.97 Å². The molecular formula is C22H26N4O5. The van der Waals surface area contributed by atoms with Crippen molar-refractivity contribution in [2.24, 2.45) is 11.7 Å². The molecule has 5 N–H and O–H groups in total. The molecule has 1 aromatic carbocycles. The lowest BCUT2D eigenvalue weighted by atomic mass is 9.94. The molecule has 1 aliphatic rings. The average Bonchev–Trinajstić information content (AvgIpc) is 3.25. The van der Waals surface area contributed by atoms with Gasteiger partial charge in [0.15, 0.2) is 6.23 Å². The largest absolute Gasteiger partial charge is 0.493 e. The van der Waals surface area contributed by atoms with Crippen molar-refractivity contribution in [2.45, 2.75) is 25.5 Å². The van der Waals surface area contributed by atoms with E-state index >= 15 is 0 Å². The number of nitrogens with zero attached hydrogens (tertiary/aromatic N) is 1. The van der Waals surface area contributed by atoms with Gasteiger partial charge in [-0.05, 0) is 36.2 Å². The highest BCUT2D eigenvalue weighted by molar-refractivity contribution is 5.91. The molecule has 0 saturated carbocycles. The predicted octanol–water partition coefficient (Wildman–Crippen LogP) is 1.65. The van der Waals surface area contributed by atoms with Crippen molar-refractivity contribution in [3.05, 3.63) is 65.8 Å². The number of carboxylic acid groups (broad SMARTS) is 1. The molecule has 1 amide bonds. The molecule has 1 aliphatic heterocycles. The van der Waals surface area contributed by atoms with Gasteiger partial charge in [0, 0.05) is 25.6 Å². The molecule has 3 rings (SSSR count). The number of nitrogens with one attached hydrogen (secondary N) is 2. The zero-order chi connectivity index (χ0) is 22.2. The molecule has 2 atom stereocenters. The standard InChI is InChI=1S/C22H26N4O5/c1-24-17-3-2-9-25-18(17)8-10-30-16-6-4-14(5-7-16)11-15(12-20(27)28)22-26-19(13-31-22)21(23)29/h2-7,9,13,15,22,24,26H,8,10-12H2,1H3,(H2,23,29)(H,27,28). The maximum absolute atomic E-state index is 11.3. The minimum absolute atomic E-state index is 0.117. The van der Waals surface area contributed by atoms with Gasteiger partial charge in [0.05, 0.1) is 24.4 Å². The maximum atomic E-state index is 11.3. The van der Waals surface area contributed by atoms with Crippen LogP contribution in [0.25, 0.3) is 0 Å². The molecular weight excluding hydrogens is 400 g/mol. The fourth-order valence-electron chi connectivity index (χ4n) is 3.39. The third-order valence-electron chi connectivity index (χ3n) is 4.95. The number of ether oxygens (including phenoxy) is 2. The second-order valence-corrected chi connectivity index (χ2v) is 7.15. The molecule has 0 fully saturated rings. The monoisotopic (exact) mass is 426 g/mol. The summed E-state index contributed by atoms with van der Waals surface area (Å²) in [5.74, 6) is -1.26. The number of carbonyl (C=O) groups is 2. The van der Waals surface area contributed by atoms with Gasteiger partial charge in [-0.15, -0.1) is 0 Å².